The number of hydrogen-bond donors (Lipinski definition) is 2. The van der Waals surface area contributed by atoms with Crippen molar-refractivity contribution in [2.24, 2.45) is 0 Å². The van der Waals surface area contributed by atoms with Gasteiger partial charge in [-0.2, -0.15) is 13.1 Å². The first-order valence-corrected chi connectivity index (χ1v) is 5.90. The van der Waals surface area contributed by atoms with Crippen LogP contribution in [0.5, 0.6) is 0 Å². The van der Waals surface area contributed by atoms with E-state index in [4.69, 9.17) is 0 Å². The molecule has 0 unspecified atom stereocenters. The van der Waals surface area contributed by atoms with E-state index in [2.05, 4.69) is 25.4 Å². The Morgan fingerprint density at radius 2 is 2.15 bits per heavy atom. The Hall–Kier alpha value is -0.590. The van der Waals surface area contributed by atoms with Crippen LogP contribution in [0.1, 0.15) is 5.56 Å². The Morgan fingerprint density at radius 1 is 1.38 bits per heavy atom. The molecule has 1 aliphatic rings. The highest BCUT2D eigenvalue weighted by Gasteiger charge is 2.18. The van der Waals surface area contributed by atoms with Gasteiger partial charge in [0.15, 0.2) is 0 Å². The van der Waals surface area contributed by atoms with Crippen molar-refractivity contribution >= 4 is 31.8 Å². The molecule has 0 aliphatic carbocycles. The molecular weight excluding hydrogens is 256 g/mol. The van der Waals surface area contributed by atoms with E-state index < -0.39 is 10.2 Å². The molecule has 0 atom stereocenters. The number of rotatable bonds is 0. The quantitative estimate of drug-likeness (QED) is 0.739. The number of anilines is 1. The van der Waals surface area contributed by atoms with Crippen LogP contribution < -0.4 is 9.44 Å². The third-order valence-corrected chi connectivity index (χ3v) is 3.27. The van der Waals surface area contributed by atoms with Crippen LogP contribution in [0.2, 0.25) is 0 Å². The van der Waals surface area contributed by atoms with Gasteiger partial charge in [-0.25, -0.2) is 0 Å². The van der Waals surface area contributed by atoms with Crippen LogP contribution in [0.3, 0.4) is 0 Å². The van der Waals surface area contributed by atoms with E-state index >= 15 is 0 Å². The van der Waals surface area contributed by atoms with Crippen molar-refractivity contribution in [1.29, 1.82) is 0 Å². The summed E-state index contributed by atoms with van der Waals surface area (Å²) in [6, 6.07) is 5.41. The summed E-state index contributed by atoms with van der Waals surface area (Å²) in [5.74, 6) is 0. The highest BCUT2D eigenvalue weighted by molar-refractivity contribution is 9.10. The van der Waals surface area contributed by atoms with Gasteiger partial charge in [0.2, 0.25) is 0 Å². The molecule has 13 heavy (non-hydrogen) atoms. The number of benzene rings is 1. The Bertz CT molecular complexity index is 444. The van der Waals surface area contributed by atoms with Crippen LogP contribution in [-0.4, -0.2) is 8.42 Å². The van der Waals surface area contributed by atoms with Gasteiger partial charge < -0.3 is 0 Å². The molecule has 0 aromatic heterocycles. The lowest BCUT2D eigenvalue weighted by molar-refractivity contribution is 0.584. The molecule has 1 aromatic rings. The Labute approximate surface area is 84.7 Å². The summed E-state index contributed by atoms with van der Waals surface area (Å²) in [5, 5.41) is 0. The molecule has 70 valence electrons. The Morgan fingerprint density at radius 3 is 2.92 bits per heavy atom. The zero-order valence-corrected chi connectivity index (χ0v) is 8.94. The topological polar surface area (TPSA) is 58.2 Å². The van der Waals surface area contributed by atoms with Gasteiger partial charge in [-0.1, -0.05) is 15.9 Å². The second-order valence-electron chi connectivity index (χ2n) is 2.73. The number of hydrogen-bond acceptors (Lipinski definition) is 2. The third kappa shape index (κ3) is 1.84. The van der Waals surface area contributed by atoms with Crippen LogP contribution >= 0.6 is 15.9 Å². The fraction of sp³-hybridized carbons (Fsp3) is 0.143. The van der Waals surface area contributed by atoms with Gasteiger partial charge in [0.05, 0.1) is 5.69 Å². The van der Waals surface area contributed by atoms with Crippen molar-refractivity contribution in [1.82, 2.24) is 4.72 Å². The van der Waals surface area contributed by atoms with E-state index in [-0.39, 0.29) is 0 Å². The molecule has 0 saturated carbocycles. The van der Waals surface area contributed by atoms with E-state index in [1.807, 2.05) is 6.07 Å². The standard InChI is InChI=1S/C7H7BrN2O2S/c8-6-1-2-7-5(3-6)4-9-13(11,12)10-7/h1-3,9-10H,4H2. The lowest BCUT2D eigenvalue weighted by Gasteiger charge is -2.18. The fourth-order valence-electron chi connectivity index (χ4n) is 1.16. The van der Waals surface area contributed by atoms with Gasteiger partial charge in [0, 0.05) is 11.0 Å². The van der Waals surface area contributed by atoms with Crippen LogP contribution in [0.15, 0.2) is 22.7 Å². The second kappa shape index (κ2) is 2.97. The largest absolute Gasteiger partial charge is 0.299 e. The van der Waals surface area contributed by atoms with Crippen molar-refractivity contribution in [3.63, 3.8) is 0 Å². The molecule has 6 heteroatoms. The highest BCUT2D eigenvalue weighted by atomic mass is 79.9. The lowest BCUT2D eigenvalue weighted by atomic mass is 10.2. The molecule has 4 nitrogen and oxygen atoms in total. The van der Waals surface area contributed by atoms with E-state index in [0.717, 1.165) is 10.0 Å². The molecule has 0 saturated heterocycles. The van der Waals surface area contributed by atoms with Gasteiger partial charge in [-0.05, 0) is 23.8 Å². The van der Waals surface area contributed by atoms with Gasteiger partial charge in [-0.3, -0.25) is 4.72 Å². The van der Waals surface area contributed by atoms with Gasteiger partial charge >= 0.3 is 0 Å². The summed E-state index contributed by atoms with van der Waals surface area (Å²) in [5.41, 5.74) is 1.58. The molecule has 1 aromatic carbocycles. The zero-order chi connectivity index (χ0) is 9.47. The summed E-state index contributed by atoms with van der Waals surface area (Å²) in [7, 11) is -3.32. The second-order valence-corrected chi connectivity index (χ2v) is 5.14. The molecule has 0 bridgehead atoms. The first kappa shape index (κ1) is 8.98. The summed E-state index contributed by atoms with van der Waals surface area (Å²) in [6.07, 6.45) is 0. The number of nitrogens with one attached hydrogen (secondary N) is 2. The molecule has 2 N–H and O–H groups in total. The number of fused-ring (bicyclic) bond motifs is 1. The first-order chi connectivity index (χ1) is 6.07. The highest BCUT2D eigenvalue weighted by Crippen LogP contribution is 2.24. The van der Waals surface area contributed by atoms with Crippen LogP contribution in [0, 0.1) is 0 Å². The van der Waals surface area contributed by atoms with Gasteiger partial charge in [-0.15, -0.1) is 0 Å². The average molecular weight is 263 g/mol. The minimum absolute atomic E-state index is 0.337. The van der Waals surface area contributed by atoms with Crippen LogP contribution in [0.25, 0.3) is 0 Å². The molecule has 0 spiro atoms. The monoisotopic (exact) mass is 262 g/mol. The van der Waals surface area contributed by atoms with E-state index in [9.17, 15) is 8.42 Å². The van der Waals surface area contributed by atoms with E-state index in [1.165, 1.54) is 0 Å². The fourth-order valence-corrected chi connectivity index (χ4v) is 2.48. The molecule has 1 aliphatic heterocycles. The maximum atomic E-state index is 11.1. The average Bonchev–Trinajstić information content (AvgIpc) is 2.05. The minimum Gasteiger partial charge on any atom is -0.271 e. The Balaban J connectivity index is 2.48. The summed E-state index contributed by atoms with van der Waals surface area (Å²) in [4.78, 5) is 0. The molecule has 0 fully saturated rings. The SMILES string of the molecule is O=S1(=O)NCc2cc(Br)ccc2N1. The predicted molar refractivity (Wildman–Crippen MR) is 53.5 cm³/mol. The maximum Gasteiger partial charge on any atom is 0.299 e. The lowest BCUT2D eigenvalue weighted by Crippen LogP contribution is -2.34. The third-order valence-electron chi connectivity index (χ3n) is 1.76. The van der Waals surface area contributed by atoms with E-state index in [1.54, 1.807) is 12.1 Å². The molecule has 0 amide bonds. The molecule has 2 rings (SSSR count). The Kier molecular flexibility index (Phi) is 2.05. The minimum atomic E-state index is -3.32. The molecular formula is C7H7BrN2O2S. The van der Waals surface area contributed by atoms with Crippen LogP contribution in [0.4, 0.5) is 5.69 Å². The van der Waals surface area contributed by atoms with Crippen molar-refractivity contribution in [3.05, 3.63) is 28.2 Å². The molecule has 0 radical (unpaired) electrons. The smallest absolute Gasteiger partial charge is 0.271 e. The van der Waals surface area contributed by atoms with E-state index in [0.29, 0.717) is 12.2 Å². The summed E-state index contributed by atoms with van der Waals surface area (Å²) < 4.78 is 27.9. The summed E-state index contributed by atoms with van der Waals surface area (Å²) >= 11 is 3.31. The van der Waals surface area contributed by atoms with Gasteiger partial charge in [0.1, 0.15) is 0 Å². The summed E-state index contributed by atoms with van der Waals surface area (Å²) in [6.45, 7) is 0.337. The van der Waals surface area contributed by atoms with Crippen molar-refractivity contribution < 1.29 is 8.42 Å². The number of halogens is 1. The van der Waals surface area contributed by atoms with Crippen molar-refractivity contribution in [2.75, 3.05) is 4.72 Å². The maximum absolute atomic E-state index is 11.1. The first-order valence-electron chi connectivity index (χ1n) is 3.63. The molecule has 1 heterocycles. The van der Waals surface area contributed by atoms with Gasteiger partial charge in [0.25, 0.3) is 10.2 Å². The van der Waals surface area contributed by atoms with Crippen LogP contribution in [-0.2, 0) is 16.8 Å². The van der Waals surface area contributed by atoms with Crippen molar-refractivity contribution in [2.45, 2.75) is 6.54 Å². The van der Waals surface area contributed by atoms with Crippen molar-refractivity contribution in [3.8, 4) is 0 Å². The normalized spacial score (nSPS) is 18.8. The predicted octanol–water partition coefficient (Wildman–Crippen LogP) is 1.21. The zero-order valence-electron chi connectivity index (χ0n) is 6.54.